The average Bonchev–Trinajstić information content (AvgIpc) is 2.33. The molecular formula is C11H25NOSi. The van der Waals surface area contributed by atoms with Crippen molar-refractivity contribution in [3.05, 3.63) is 0 Å². The number of rotatable bonds is 2. The van der Waals surface area contributed by atoms with Gasteiger partial charge in [-0.15, -0.1) is 0 Å². The first-order valence-electron chi connectivity index (χ1n) is 5.67. The maximum atomic E-state index is 6.29. The van der Waals surface area contributed by atoms with Crippen LogP contribution in [0.5, 0.6) is 0 Å². The number of hydrogen-bond donors (Lipinski definition) is 1. The zero-order valence-electron chi connectivity index (χ0n) is 10.3. The van der Waals surface area contributed by atoms with Gasteiger partial charge in [0, 0.05) is 6.04 Å². The van der Waals surface area contributed by atoms with Gasteiger partial charge in [-0.2, -0.15) is 0 Å². The second-order valence-electron chi connectivity index (χ2n) is 6.01. The van der Waals surface area contributed by atoms with Crippen molar-refractivity contribution >= 4 is 8.32 Å². The minimum absolute atomic E-state index is 0.282. The molecule has 0 amide bonds. The van der Waals surface area contributed by atoms with Gasteiger partial charge in [-0.3, -0.25) is 0 Å². The van der Waals surface area contributed by atoms with Crippen LogP contribution in [0.2, 0.25) is 18.1 Å². The van der Waals surface area contributed by atoms with E-state index in [2.05, 4.69) is 33.9 Å². The van der Waals surface area contributed by atoms with Crippen molar-refractivity contribution in [2.75, 3.05) is 0 Å². The number of hydrogen-bond acceptors (Lipinski definition) is 2. The van der Waals surface area contributed by atoms with Gasteiger partial charge in [0.2, 0.25) is 0 Å². The van der Waals surface area contributed by atoms with Gasteiger partial charge in [0.1, 0.15) is 0 Å². The lowest BCUT2D eigenvalue weighted by atomic mass is 10.2. The van der Waals surface area contributed by atoms with Crippen LogP contribution in [0.25, 0.3) is 0 Å². The molecule has 2 atom stereocenters. The Morgan fingerprint density at radius 3 is 2.14 bits per heavy atom. The van der Waals surface area contributed by atoms with Gasteiger partial charge in [0.15, 0.2) is 8.32 Å². The summed E-state index contributed by atoms with van der Waals surface area (Å²) in [7, 11) is -1.59. The smallest absolute Gasteiger partial charge is 0.192 e. The number of nitrogens with two attached hydrogens (primary N) is 1. The largest absolute Gasteiger partial charge is 0.412 e. The van der Waals surface area contributed by atoms with E-state index in [1.807, 2.05) is 0 Å². The second-order valence-corrected chi connectivity index (χ2v) is 10.8. The fourth-order valence-corrected chi connectivity index (χ4v) is 3.06. The highest BCUT2D eigenvalue weighted by Gasteiger charge is 2.41. The van der Waals surface area contributed by atoms with Gasteiger partial charge in [0.25, 0.3) is 0 Å². The lowest BCUT2D eigenvalue weighted by Crippen LogP contribution is -2.47. The molecule has 1 aliphatic rings. The fourth-order valence-electron chi connectivity index (χ4n) is 1.66. The molecule has 84 valence electrons. The summed E-state index contributed by atoms with van der Waals surface area (Å²) >= 11 is 0. The van der Waals surface area contributed by atoms with Gasteiger partial charge in [-0.1, -0.05) is 20.8 Å². The molecule has 0 saturated heterocycles. The Morgan fingerprint density at radius 1 is 1.21 bits per heavy atom. The summed E-state index contributed by atoms with van der Waals surface area (Å²) in [6.45, 7) is 11.4. The Morgan fingerprint density at radius 2 is 1.79 bits per heavy atom. The van der Waals surface area contributed by atoms with E-state index in [0.717, 1.165) is 12.8 Å². The van der Waals surface area contributed by atoms with Crippen molar-refractivity contribution in [3.63, 3.8) is 0 Å². The highest BCUT2D eigenvalue weighted by Crippen LogP contribution is 2.39. The molecule has 3 heteroatoms. The van der Waals surface area contributed by atoms with E-state index in [0.29, 0.717) is 11.1 Å². The van der Waals surface area contributed by atoms with E-state index in [1.165, 1.54) is 6.42 Å². The predicted molar refractivity (Wildman–Crippen MR) is 63.9 cm³/mol. The van der Waals surface area contributed by atoms with E-state index >= 15 is 0 Å². The molecule has 1 aliphatic carbocycles. The van der Waals surface area contributed by atoms with Crippen LogP contribution in [0.3, 0.4) is 0 Å². The van der Waals surface area contributed by atoms with Crippen LogP contribution in [0.1, 0.15) is 40.0 Å². The van der Waals surface area contributed by atoms with Gasteiger partial charge in [-0.25, -0.2) is 0 Å². The van der Waals surface area contributed by atoms with Crippen LogP contribution in [0.15, 0.2) is 0 Å². The lowest BCUT2D eigenvalue weighted by molar-refractivity contribution is 0.171. The topological polar surface area (TPSA) is 35.2 Å². The molecule has 0 radical (unpaired) electrons. The molecular weight excluding hydrogens is 190 g/mol. The average molecular weight is 215 g/mol. The highest BCUT2D eigenvalue weighted by atomic mass is 28.4. The van der Waals surface area contributed by atoms with Crippen molar-refractivity contribution in [3.8, 4) is 0 Å². The van der Waals surface area contributed by atoms with Crippen molar-refractivity contribution in [1.82, 2.24) is 0 Å². The Kier molecular flexibility index (Phi) is 3.44. The molecule has 1 rings (SSSR count). The third-order valence-electron chi connectivity index (χ3n) is 3.76. The predicted octanol–water partition coefficient (Wildman–Crippen LogP) is 2.89. The SMILES string of the molecule is CC(C)(C)[Si](C)(C)O[C@H]1CCC[C@@H]1N. The molecule has 14 heavy (non-hydrogen) atoms. The quantitative estimate of drug-likeness (QED) is 0.719. The maximum Gasteiger partial charge on any atom is 0.192 e. The first-order chi connectivity index (χ1) is 6.24. The summed E-state index contributed by atoms with van der Waals surface area (Å²) in [4.78, 5) is 0. The van der Waals surface area contributed by atoms with Crippen LogP contribution >= 0.6 is 0 Å². The Bertz CT molecular complexity index is 198. The molecule has 0 aromatic heterocycles. The molecule has 0 aromatic carbocycles. The van der Waals surface area contributed by atoms with Gasteiger partial charge in [-0.05, 0) is 37.4 Å². The highest BCUT2D eigenvalue weighted by molar-refractivity contribution is 6.74. The Hall–Kier alpha value is 0.137. The molecule has 1 fully saturated rings. The minimum atomic E-state index is -1.59. The fraction of sp³-hybridized carbons (Fsp3) is 1.00. The van der Waals surface area contributed by atoms with Crippen molar-refractivity contribution in [2.45, 2.75) is 70.3 Å². The molecule has 0 spiro atoms. The van der Waals surface area contributed by atoms with Crippen LogP contribution in [-0.2, 0) is 4.43 Å². The summed E-state index contributed by atoms with van der Waals surface area (Å²) < 4.78 is 6.29. The first-order valence-corrected chi connectivity index (χ1v) is 8.58. The zero-order chi connectivity index (χ0) is 11.0. The maximum absolute atomic E-state index is 6.29. The normalized spacial score (nSPS) is 29.6. The van der Waals surface area contributed by atoms with E-state index in [9.17, 15) is 0 Å². The van der Waals surface area contributed by atoms with Crippen molar-refractivity contribution < 1.29 is 4.43 Å². The summed E-state index contributed by atoms with van der Waals surface area (Å²) in [5, 5.41) is 0.301. The summed E-state index contributed by atoms with van der Waals surface area (Å²) in [5.74, 6) is 0. The van der Waals surface area contributed by atoms with Crippen LogP contribution in [-0.4, -0.2) is 20.5 Å². The molecule has 2 N–H and O–H groups in total. The van der Waals surface area contributed by atoms with E-state index < -0.39 is 8.32 Å². The van der Waals surface area contributed by atoms with E-state index in [4.69, 9.17) is 10.2 Å². The third kappa shape index (κ3) is 2.58. The Balaban J connectivity index is 2.58. The first kappa shape index (κ1) is 12.2. The minimum Gasteiger partial charge on any atom is -0.412 e. The molecule has 1 saturated carbocycles. The molecule has 0 unspecified atom stereocenters. The second kappa shape index (κ2) is 3.95. The van der Waals surface area contributed by atoms with Crippen LogP contribution < -0.4 is 5.73 Å². The monoisotopic (exact) mass is 215 g/mol. The molecule has 0 aliphatic heterocycles. The van der Waals surface area contributed by atoms with Crippen LogP contribution in [0.4, 0.5) is 0 Å². The van der Waals surface area contributed by atoms with Gasteiger partial charge >= 0.3 is 0 Å². The summed E-state index contributed by atoms with van der Waals surface area (Å²) in [5.41, 5.74) is 6.03. The molecule has 0 heterocycles. The zero-order valence-corrected chi connectivity index (χ0v) is 11.3. The standard InChI is InChI=1S/C11H25NOSi/c1-11(2,3)14(4,5)13-10-8-6-7-9(10)12/h9-10H,6-8,12H2,1-5H3/t9-,10-/m0/s1. The van der Waals surface area contributed by atoms with Crippen molar-refractivity contribution in [1.29, 1.82) is 0 Å². The molecule has 0 aromatic rings. The van der Waals surface area contributed by atoms with Crippen LogP contribution in [0, 0.1) is 0 Å². The van der Waals surface area contributed by atoms with Gasteiger partial charge < -0.3 is 10.2 Å². The lowest BCUT2D eigenvalue weighted by Gasteiger charge is -2.39. The van der Waals surface area contributed by atoms with E-state index in [1.54, 1.807) is 0 Å². The Labute approximate surface area is 89.3 Å². The summed E-state index contributed by atoms with van der Waals surface area (Å²) in [6, 6.07) is 0.282. The molecule has 2 nitrogen and oxygen atoms in total. The van der Waals surface area contributed by atoms with Gasteiger partial charge in [0.05, 0.1) is 6.10 Å². The summed E-state index contributed by atoms with van der Waals surface area (Å²) in [6.07, 6.45) is 3.86. The van der Waals surface area contributed by atoms with E-state index in [-0.39, 0.29) is 6.04 Å². The molecule has 0 bridgehead atoms. The third-order valence-corrected chi connectivity index (χ3v) is 8.26. The van der Waals surface area contributed by atoms with Crippen molar-refractivity contribution in [2.24, 2.45) is 5.73 Å².